The van der Waals surface area contributed by atoms with Crippen molar-refractivity contribution >= 4 is 17.5 Å². The zero-order valence-electron chi connectivity index (χ0n) is 16.8. The molecule has 0 atom stereocenters. The zero-order valence-corrected chi connectivity index (χ0v) is 16.8. The van der Waals surface area contributed by atoms with E-state index in [1.807, 2.05) is 42.5 Å². The van der Waals surface area contributed by atoms with Gasteiger partial charge in [-0.1, -0.05) is 42.5 Å². The first kappa shape index (κ1) is 21.6. The van der Waals surface area contributed by atoms with Crippen molar-refractivity contribution in [2.45, 2.75) is 13.0 Å². The highest BCUT2D eigenvalue weighted by molar-refractivity contribution is 6.38. The third-order valence-electron chi connectivity index (χ3n) is 4.66. The number of aliphatic hydroxyl groups is 1. The van der Waals surface area contributed by atoms with E-state index < -0.39 is 23.1 Å². The molecule has 1 heterocycles. The number of ether oxygens (including phenoxy) is 1. The first-order valence-electron chi connectivity index (χ1n) is 9.46. The van der Waals surface area contributed by atoms with Gasteiger partial charge in [-0.3, -0.25) is 9.59 Å². The van der Waals surface area contributed by atoms with Crippen molar-refractivity contribution in [1.29, 1.82) is 0 Å². The van der Waals surface area contributed by atoms with Gasteiger partial charge in [0.2, 0.25) is 0 Å². The molecule has 0 saturated heterocycles. The van der Waals surface area contributed by atoms with E-state index in [0.717, 1.165) is 16.7 Å². The normalized spacial score (nSPS) is 11.2. The molecule has 7 nitrogen and oxygen atoms in total. The number of carboxylic acids is 1. The first-order chi connectivity index (χ1) is 14.9. The Hall–Kier alpha value is -4.13. The maximum atomic E-state index is 13.0. The van der Waals surface area contributed by atoms with E-state index in [1.54, 1.807) is 25.4 Å². The molecule has 2 N–H and O–H groups in total. The topological polar surface area (TPSA) is 106 Å². The van der Waals surface area contributed by atoms with Crippen LogP contribution in [-0.2, 0) is 22.6 Å². The summed E-state index contributed by atoms with van der Waals surface area (Å²) in [5.74, 6) is -3.03. The fraction of sp³-hybridized carbons (Fsp3) is 0.125. The Kier molecular flexibility index (Phi) is 6.67. The van der Waals surface area contributed by atoms with Crippen molar-refractivity contribution in [3.05, 3.63) is 106 Å². The standard InChI is InChI=1S/C24H21NO6/c1-31-19-9-7-17(8-10-19)14-25-15-18(11-16-5-3-2-4-6-16)12-20(23(25)28)21(26)13-22(27)24(29)30/h2-10,12-13,15,26H,11,14H2,1H3,(H,29,30). The van der Waals surface area contributed by atoms with Gasteiger partial charge in [-0.15, -0.1) is 0 Å². The highest BCUT2D eigenvalue weighted by Crippen LogP contribution is 2.16. The first-order valence-corrected chi connectivity index (χ1v) is 9.46. The Morgan fingerprint density at radius 1 is 0.968 bits per heavy atom. The second-order valence-corrected chi connectivity index (χ2v) is 6.90. The van der Waals surface area contributed by atoms with Crippen molar-refractivity contribution in [2.24, 2.45) is 0 Å². The van der Waals surface area contributed by atoms with Gasteiger partial charge in [-0.2, -0.15) is 0 Å². The van der Waals surface area contributed by atoms with E-state index in [9.17, 15) is 19.5 Å². The van der Waals surface area contributed by atoms with Gasteiger partial charge in [-0.25, -0.2) is 4.79 Å². The Balaban J connectivity index is 2.05. The van der Waals surface area contributed by atoms with Crippen molar-refractivity contribution in [3.63, 3.8) is 0 Å². The second kappa shape index (κ2) is 9.58. The van der Waals surface area contributed by atoms with Crippen LogP contribution in [0.2, 0.25) is 0 Å². The van der Waals surface area contributed by atoms with Gasteiger partial charge in [0, 0.05) is 12.3 Å². The van der Waals surface area contributed by atoms with Gasteiger partial charge < -0.3 is 19.5 Å². The average Bonchev–Trinajstić information content (AvgIpc) is 2.77. The summed E-state index contributed by atoms with van der Waals surface area (Å²) >= 11 is 0. The molecule has 0 radical (unpaired) electrons. The predicted octanol–water partition coefficient (Wildman–Crippen LogP) is 3.05. The quantitative estimate of drug-likeness (QED) is 0.330. The summed E-state index contributed by atoms with van der Waals surface area (Å²) in [7, 11) is 1.56. The van der Waals surface area contributed by atoms with Gasteiger partial charge >= 0.3 is 5.97 Å². The molecule has 31 heavy (non-hydrogen) atoms. The van der Waals surface area contributed by atoms with Crippen LogP contribution in [0.25, 0.3) is 5.76 Å². The van der Waals surface area contributed by atoms with Gasteiger partial charge in [-0.05, 0) is 41.3 Å². The van der Waals surface area contributed by atoms with Gasteiger partial charge in [0.1, 0.15) is 11.5 Å². The molecule has 0 aliphatic rings. The Morgan fingerprint density at radius 3 is 2.26 bits per heavy atom. The molecule has 7 heteroatoms. The summed E-state index contributed by atoms with van der Waals surface area (Å²) in [5.41, 5.74) is 1.86. The summed E-state index contributed by atoms with van der Waals surface area (Å²) in [4.78, 5) is 35.3. The largest absolute Gasteiger partial charge is 0.507 e. The number of hydrogen-bond donors (Lipinski definition) is 2. The number of aliphatic carboxylic acids is 1. The molecule has 0 bridgehead atoms. The molecule has 3 aromatic rings. The SMILES string of the molecule is COc1ccc(Cn2cc(Cc3ccccc3)cc(C(O)=CC(=O)C(=O)O)c2=O)cc1. The number of carbonyl (C=O) groups excluding carboxylic acids is 1. The number of carbonyl (C=O) groups is 2. The number of nitrogens with zero attached hydrogens (tertiary/aromatic N) is 1. The van der Waals surface area contributed by atoms with Crippen molar-refractivity contribution in [2.75, 3.05) is 7.11 Å². The zero-order chi connectivity index (χ0) is 22.4. The lowest BCUT2D eigenvalue weighted by Gasteiger charge is -2.12. The van der Waals surface area contributed by atoms with Crippen LogP contribution in [0.1, 0.15) is 22.3 Å². The molecule has 0 unspecified atom stereocenters. The maximum absolute atomic E-state index is 13.0. The molecule has 158 valence electrons. The van der Waals surface area contributed by atoms with E-state index in [2.05, 4.69) is 0 Å². The molecule has 0 fully saturated rings. The number of ketones is 1. The van der Waals surface area contributed by atoms with E-state index in [4.69, 9.17) is 9.84 Å². The number of hydrogen-bond acceptors (Lipinski definition) is 5. The molecule has 0 amide bonds. The van der Waals surface area contributed by atoms with Crippen LogP contribution in [-0.4, -0.2) is 33.6 Å². The van der Waals surface area contributed by atoms with Crippen molar-refractivity contribution in [3.8, 4) is 5.75 Å². The summed E-state index contributed by atoms with van der Waals surface area (Å²) in [6.45, 7) is 0.221. The monoisotopic (exact) mass is 419 g/mol. The van der Waals surface area contributed by atoms with Crippen molar-refractivity contribution < 1.29 is 24.5 Å². The highest BCUT2D eigenvalue weighted by atomic mass is 16.5. The number of carboxylic acid groups (broad SMARTS) is 1. The van der Waals surface area contributed by atoms with E-state index in [-0.39, 0.29) is 12.1 Å². The maximum Gasteiger partial charge on any atom is 0.376 e. The molecular formula is C24H21NO6. The molecule has 1 aromatic heterocycles. The lowest BCUT2D eigenvalue weighted by Crippen LogP contribution is -2.25. The lowest BCUT2D eigenvalue weighted by molar-refractivity contribution is -0.146. The molecule has 2 aromatic carbocycles. The van der Waals surface area contributed by atoms with Crippen LogP contribution < -0.4 is 10.3 Å². The van der Waals surface area contributed by atoms with Gasteiger partial charge in [0.25, 0.3) is 11.3 Å². The number of methoxy groups -OCH3 is 1. The summed E-state index contributed by atoms with van der Waals surface area (Å²) < 4.78 is 6.57. The molecule has 3 rings (SSSR count). The minimum absolute atomic E-state index is 0.142. The fourth-order valence-corrected chi connectivity index (χ4v) is 3.12. The lowest BCUT2D eigenvalue weighted by atomic mass is 10.0. The molecule has 0 spiro atoms. The summed E-state index contributed by atoms with van der Waals surface area (Å²) in [5, 5.41) is 19.1. The van der Waals surface area contributed by atoms with E-state index >= 15 is 0 Å². The Bertz CT molecular complexity index is 1180. The molecule has 0 saturated carbocycles. The number of rotatable bonds is 8. The van der Waals surface area contributed by atoms with Gasteiger partial charge in [0.15, 0.2) is 0 Å². The van der Waals surface area contributed by atoms with Gasteiger partial charge in [0.05, 0.1) is 19.2 Å². The minimum atomic E-state index is -1.72. The number of benzene rings is 2. The Labute approximate surface area is 178 Å². The third-order valence-corrected chi connectivity index (χ3v) is 4.66. The summed E-state index contributed by atoms with van der Waals surface area (Å²) in [6.07, 6.45) is 2.72. The van der Waals surface area contributed by atoms with Crippen LogP contribution in [0.3, 0.4) is 0 Å². The fourth-order valence-electron chi connectivity index (χ4n) is 3.12. The van der Waals surface area contributed by atoms with Crippen LogP contribution in [0, 0.1) is 0 Å². The number of aliphatic hydroxyl groups excluding tert-OH is 1. The molecule has 0 aliphatic heterocycles. The number of pyridine rings is 1. The van der Waals surface area contributed by atoms with Crippen LogP contribution in [0.5, 0.6) is 5.75 Å². The van der Waals surface area contributed by atoms with E-state index in [1.165, 1.54) is 10.6 Å². The van der Waals surface area contributed by atoms with Crippen LogP contribution >= 0.6 is 0 Å². The average molecular weight is 419 g/mol. The highest BCUT2D eigenvalue weighted by Gasteiger charge is 2.16. The van der Waals surface area contributed by atoms with E-state index in [0.29, 0.717) is 18.2 Å². The predicted molar refractivity (Wildman–Crippen MR) is 115 cm³/mol. The Morgan fingerprint density at radius 2 is 1.65 bits per heavy atom. The third kappa shape index (κ3) is 5.48. The van der Waals surface area contributed by atoms with Crippen LogP contribution in [0.15, 0.2) is 77.7 Å². The molecule has 0 aliphatic carbocycles. The summed E-state index contributed by atoms with van der Waals surface area (Å²) in [6, 6.07) is 18.2. The minimum Gasteiger partial charge on any atom is -0.507 e. The molecular weight excluding hydrogens is 398 g/mol. The smallest absolute Gasteiger partial charge is 0.376 e. The number of aromatic nitrogens is 1. The van der Waals surface area contributed by atoms with Crippen LogP contribution in [0.4, 0.5) is 0 Å². The van der Waals surface area contributed by atoms with Crippen molar-refractivity contribution in [1.82, 2.24) is 4.57 Å². The second-order valence-electron chi connectivity index (χ2n) is 6.90.